The maximum absolute atomic E-state index is 12.6. The first-order valence-electron chi connectivity index (χ1n) is 8.85. The third-order valence-electron chi connectivity index (χ3n) is 4.42. The molecule has 0 unspecified atom stereocenters. The number of aromatic nitrogens is 4. The Hall–Kier alpha value is -4.20. The van der Waals surface area contributed by atoms with Gasteiger partial charge < -0.3 is 10.3 Å². The van der Waals surface area contributed by atoms with Gasteiger partial charge in [-0.15, -0.1) is 0 Å². The van der Waals surface area contributed by atoms with Gasteiger partial charge >= 0.3 is 5.69 Å². The lowest BCUT2D eigenvalue weighted by atomic mass is 10.1. The summed E-state index contributed by atoms with van der Waals surface area (Å²) in [6.45, 7) is 0. The van der Waals surface area contributed by atoms with Crippen LogP contribution in [-0.4, -0.2) is 19.5 Å². The lowest BCUT2D eigenvalue weighted by Crippen LogP contribution is -2.31. The van der Waals surface area contributed by atoms with Crippen molar-refractivity contribution in [2.75, 3.05) is 5.32 Å². The van der Waals surface area contributed by atoms with Gasteiger partial charge in [0.1, 0.15) is 11.3 Å². The molecule has 0 aliphatic rings. The SMILES string of the molecule is Cn1c(=O)[nH]c(=O)c2nc(/C=C(\Nc3ccccc3)c3ccccc3)c(=O)[nH]c21. The summed E-state index contributed by atoms with van der Waals surface area (Å²) in [5.41, 5.74) is 0.598. The molecule has 0 spiro atoms. The highest BCUT2D eigenvalue weighted by atomic mass is 16.2. The van der Waals surface area contributed by atoms with Crippen molar-refractivity contribution in [2.24, 2.45) is 7.05 Å². The summed E-state index contributed by atoms with van der Waals surface area (Å²) >= 11 is 0. The largest absolute Gasteiger partial charge is 0.355 e. The fraction of sp³-hybridized carbons (Fsp3) is 0.0476. The molecule has 0 atom stereocenters. The molecule has 8 nitrogen and oxygen atoms in total. The van der Waals surface area contributed by atoms with Gasteiger partial charge in [-0.3, -0.25) is 19.1 Å². The predicted molar refractivity (Wildman–Crippen MR) is 113 cm³/mol. The van der Waals surface area contributed by atoms with Crippen molar-refractivity contribution in [3.05, 3.63) is 103 Å². The first kappa shape index (κ1) is 18.2. The van der Waals surface area contributed by atoms with E-state index in [0.29, 0.717) is 5.70 Å². The molecular weight excluding hydrogens is 370 g/mol. The van der Waals surface area contributed by atoms with Crippen molar-refractivity contribution in [1.82, 2.24) is 19.5 Å². The van der Waals surface area contributed by atoms with Gasteiger partial charge in [0.15, 0.2) is 5.52 Å². The minimum atomic E-state index is -0.661. The molecule has 0 saturated heterocycles. The van der Waals surface area contributed by atoms with Crippen LogP contribution in [0.25, 0.3) is 22.9 Å². The van der Waals surface area contributed by atoms with Crippen LogP contribution in [0.5, 0.6) is 0 Å². The van der Waals surface area contributed by atoms with Gasteiger partial charge in [0, 0.05) is 18.4 Å². The Morgan fingerprint density at radius 1 is 0.931 bits per heavy atom. The highest BCUT2D eigenvalue weighted by Crippen LogP contribution is 2.20. The van der Waals surface area contributed by atoms with E-state index in [2.05, 4.69) is 20.3 Å². The minimum Gasteiger partial charge on any atom is -0.355 e. The Kier molecular flexibility index (Phi) is 4.66. The van der Waals surface area contributed by atoms with Crippen molar-refractivity contribution in [3.63, 3.8) is 0 Å². The summed E-state index contributed by atoms with van der Waals surface area (Å²) in [4.78, 5) is 45.5. The molecule has 2 aromatic heterocycles. The molecule has 3 N–H and O–H groups in total. The first-order chi connectivity index (χ1) is 14.0. The topological polar surface area (TPSA) is 113 Å². The molecule has 29 heavy (non-hydrogen) atoms. The summed E-state index contributed by atoms with van der Waals surface area (Å²) < 4.78 is 1.14. The van der Waals surface area contributed by atoms with Gasteiger partial charge in [0.25, 0.3) is 11.1 Å². The third-order valence-corrected chi connectivity index (χ3v) is 4.42. The predicted octanol–water partition coefficient (Wildman–Crippen LogP) is 1.92. The lowest BCUT2D eigenvalue weighted by Gasteiger charge is -2.12. The first-order valence-corrected chi connectivity index (χ1v) is 8.85. The number of benzene rings is 2. The monoisotopic (exact) mass is 387 g/mol. The second-order valence-electron chi connectivity index (χ2n) is 6.38. The summed E-state index contributed by atoms with van der Waals surface area (Å²) in [6, 6.07) is 18.9. The van der Waals surface area contributed by atoms with E-state index in [9.17, 15) is 14.4 Å². The fourth-order valence-corrected chi connectivity index (χ4v) is 2.92. The van der Waals surface area contributed by atoms with E-state index in [4.69, 9.17) is 0 Å². The van der Waals surface area contributed by atoms with E-state index in [1.807, 2.05) is 60.7 Å². The average molecular weight is 387 g/mol. The zero-order chi connectivity index (χ0) is 20.4. The number of hydrogen-bond acceptors (Lipinski definition) is 5. The summed E-state index contributed by atoms with van der Waals surface area (Å²) in [7, 11) is 1.44. The van der Waals surface area contributed by atoms with Gasteiger partial charge in [0.05, 0.1) is 0 Å². The molecule has 0 fully saturated rings. The minimum absolute atomic E-state index is 0.0231. The van der Waals surface area contributed by atoms with E-state index in [1.165, 1.54) is 7.05 Å². The molecular formula is C21H17N5O3. The third kappa shape index (κ3) is 3.63. The van der Waals surface area contributed by atoms with Crippen LogP contribution in [0.2, 0.25) is 0 Å². The van der Waals surface area contributed by atoms with E-state index in [1.54, 1.807) is 6.08 Å². The zero-order valence-corrected chi connectivity index (χ0v) is 15.5. The maximum atomic E-state index is 12.6. The average Bonchev–Trinajstić information content (AvgIpc) is 2.74. The normalized spacial score (nSPS) is 11.6. The lowest BCUT2D eigenvalue weighted by molar-refractivity contribution is 0.820. The molecule has 0 aliphatic carbocycles. The Morgan fingerprint density at radius 3 is 2.28 bits per heavy atom. The molecule has 2 heterocycles. The number of fused-ring (bicyclic) bond motifs is 1. The Bertz CT molecular complexity index is 1380. The van der Waals surface area contributed by atoms with E-state index >= 15 is 0 Å². The van der Waals surface area contributed by atoms with Crippen molar-refractivity contribution in [1.29, 1.82) is 0 Å². The Labute approximate surface area is 164 Å². The van der Waals surface area contributed by atoms with Crippen LogP contribution in [0.4, 0.5) is 5.69 Å². The van der Waals surface area contributed by atoms with Crippen LogP contribution in [0.1, 0.15) is 11.3 Å². The molecule has 0 bridgehead atoms. The fourth-order valence-electron chi connectivity index (χ4n) is 2.92. The Morgan fingerprint density at radius 2 is 1.59 bits per heavy atom. The van der Waals surface area contributed by atoms with Gasteiger partial charge in [-0.1, -0.05) is 48.5 Å². The number of anilines is 1. The second-order valence-corrected chi connectivity index (χ2v) is 6.38. The van der Waals surface area contributed by atoms with Crippen molar-refractivity contribution < 1.29 is 0 Å². The smallest absolute Gasteiger partial charge is 0.329 e. The van der Waals surface area contributed by atoms with Crippen LogP contribution in [0.3, 0.4) is 0 Å². The van der Waals surface area contributed by atoms with Gasteiger partial charge in [-0.05, 0) is 23.8 Å². The number of aromatic amines is 2. The molecule has 4 rings (SSSR count). The van der Waals surface area contributed by atoms with Crippen molar-refractivity contribution in [3.8, 4) is 0 Å². The molecule has 0 radical (unpaired) electrons. The van der Waals surface area contributed by atoms with Gasteiger partial charge in [-0.25, -0.2) is 9.78 Å². The summed E-state index contributed by atoms with van der Waals surface area (Å²) in [5.74, 6) is 0. The highest BCUT2D eigenvalue weighted by Gasteiger charge is 2.12. The summed E-state index contributed by atoms with van der Waals surface area (Å²) in [6.07, 6.45) is 1.57. The van der Waals surface area contributed by atoms with Crippen LogP contribution >= 0.6 is 0 Å². The number of para-hydroxylation sites is 1. The maximum Gasteiger partial charge on any atom is 0.329 e. The van der Waals surface area contributed by atoms with Crippen LogP contribution in [0, 0.1) is 0 Å². The molecule has 0 saturated carbocycles. The number of nitrogens with one attached hydrogen (secondary N) is 3. The Balaban J connectivity index is 1.91. The number of nitrogens with zero attached hydrogens (tertiary/aromatic N) is 2. The molecule has 4 aromatic rings. The zero-order valence-electron chi connectivity index (χ0n) is 15.5. The van der Waals surface area contributed by atoms with E-state index in [-0.39, 0.29) is 16.9 Å². The van der Waals surface area contributed by atoms with E-state index < -0.39 is 16.8 Å². The number of aryl methyl sites for hydroxylation is 1. The highest BCUT2D eigenvalue weighted by molar-refractivity contribution is 5.88. The molecule has 8 heteroatoms. The second kappa shape index (κ2) is 7.43. The molecule has 144 valence electrons. The summed E-state index contributed by atoms with van der Waals surface area (Å²) in [5, 5.41) is 3.28. The number of hydrogen-bond donors (Lipinski definition) is 3. The molecule has 0 aliphatic heterocycles. The van der Waals surface area contributed by atoms with E-state index in [0.717, 1.165) is 15.8 Å². The number of rotatable bonds is 4. The van der Waals surface area contributed by atoms with Gasteiger partial charge in [0.2, 0.25) is 0 Å². The molecule has 0 amide bonds. The van der Waals surface area contributed by atoms with Crippen molar-refractivity contribution in [2.45, 2.75) is 0 Å². The van der Waals surface area contributed by atoms with Crippen LogP contribution < -0.4 is 22.1 Å². The molecule has 2 aromatic carbocycles. The van der Waals surface area contributed by atoms with Gasteiger partial charge in [-0.2, -0.15) is 0 Å². The van der Waals surface area contributed by atoms with Crippen molar-refractivity contribution >= 4 is 28.6 Å². The standard InChI is InChI=1S/C21H17N5O3/c1-26-18-17(20(28)25-21(26)29)23-16(19(27)24-18)12-15(13-8-4-2-5-9-13)22-14-10-6-3-7-11-14/h2-12,22H,1H3,(H,24,27)(H,25,28,29)/b15-12-. The quantitative estimate of drug-likeness (QED) is 0.495. The van der Waals surface area contributed by atoms with Crippen LogP contribution in [-0.2, 0) is 7.05 Å². The van der Waals surface area contributed by atoms with Crippen LogP contribution in [0.15, 0.2) is 75.0 Å². The number of H-pyrrole nitrogens is 2.